The summed E-state index contributed by atoms with van der Waals surface area (Å²) in [7, 11) is 0. The van der Waals surface area contributed by atoms with Gasteiger partial charge in [0.15, 0.2) is 5.13 Å². The minimum Gasteiger partial charge on any atom is -0.318 e. The van der Waals surface area contributed by atoms with Crippen LogP contribution in [0.15, 0.2) is 72.1 Å². The quantitative estimate of drug-likeness (QED) is 0.364. The summed E-state index contributed by atoms with van der Waals surface area (Å²) in [6.45, 7) is 4.17. The van der Waals surface area contributed by atoms with Crippen molar-refractivity contribution >= 4 is 40.1 Å². The molecule has 2 heterocycles. The first-order valence-electron chi connectivity index (χ1n) is 9.46. The lowest BCUT2D eigenvalue weighted by Gasteiger charge is -2.09. The van der Waals surface area contributed by atoms with Crippen LogP contribution in [0.5, 0.6) is 0 Å². The lowest BCUT2D eigenvalue weighted by atomic mass is 10.2. The first-order chi connectivity index (χ1) is 14.5. The summed E-state index contributed by atoms with van der Waals surface area (Å²) in [6, 6.07) is 19.7. The Balaban J connectivity index is 1.51. The molecule has 0 saturated carbocycles. The van der Waals surface area contributed by atoms with Crippen LogP contribution in [0.25, 0.3) is 23.0 Å². The van der Waals surface area contributed by atoms with E-state index in [2.05, 4.69) is 46.9 Å². The second-order valence-corrected chi connectivity index (χ2v) is 8.16. The van der Waals surface area contributed by atoms with Crippen LogP contribution in [0.2, 0.25) is 5.02 Å². The average molecular weight is 434 g/mol. The Labute approximate surface area is 184 Å². The van der Waals surface area contributed by atoms with Gasteiger partial charge >= 0.3 is 0 Å². The summed E-state index contributed by atoms with van der Waals surface area (Å²) in [6.07, 6.45) is 3.24. The van der Waals surface area contributed by atoms with Crippen LogP contribution in [0.4, 0.5) is 5.13 Å². The number of aromatic nitrogens is 2. The fourth-order valence-corrected chi connectivity index (χ4v) is 4.18. The lowest BCUT2D eigenvalue weighted by molar-refractivity contribution is -0.111. The van der Waals surface area contributed by atoms with Gasteiger partial charge in [-0.25, -0.2) is 4.98 Å². The second kappa shape index (κ2) is 8.69. The molecule has 0 radical (unpaired) electrons. The van der Waals surface area contributed by atoms with Gasteiger partial charge in [-0.05, 0) is 55.8 Å². The van der Waals surface area contributed by atoms with Crippen molar-refractivity contribution in [3.8, 4) is 16.9 Å². The molecule has 1 amide bonds. The molecule has 0 aliphatic carbocycles. The van der Waals surface area contributed by atoms with Gasteiger partial charge in [-0.1, -0.05) is 41.9 Å². The summed E-state index contributed by atoms with van der Waals surface area (Å²) in [5.41, 5.74) is 6.19. The van der Waals surface area contributed by atoms with Gasteiger partial charge < -0.3 is 4.57 Å². The monoisotopic (exact) mass is 433 g/mol. The second-order valence-electron chi connectivity index (χ2n) is 6.87. The van der Waals surface area contributed by atoms with Crippen molar-refractivity contribution in [2.24, 2.45) is 0 Å². The van der Waals surface area contributed by atoms with E-state index in [1.165, 1.54) is 17.4 Å². The molecule has 4 nitrogen and oxygen atoms in total. The minimum absolute atomic E-state index is 0.222. The first-order valence-corrected chi connectivity index (χ1v) is 10.7. The third-order valence-electron chi connectivity index (χ3n) is 4.75. The minimum atomic E-state index is -0.222. The molecule has 0 bridgehead atoms. The van der Waals surface area contributed by atoms with Crippen molar-refractivity contribution in [3.63, 3.8) is 0 Å². The smallest absolute Gasteiger partial charge is 0.250 e. The van der Waals surface area contributed by atoms with E-state index in [1.807, 2.05) is 35.7 Å². The Morgan fingerprint density at radius 3 is 2.57 bits per heavy atom. The van der Waals surface area contributed by atoms with Crippen LogP contribution < -0.4 is 5.32 Å². The highest BCUT2D eigenvalue weighted by molar-refractivity contribution is 7.14. The molecule has 0 atom stereocenters. The van der Waals surface area contributed by atoms with Gasteiger partial charge in [0.1, 0.15) is 0 Å². The predicted molar refractivity (Wildman–Crippen MR) is 125 cm³/mol. The van der Waals surface area contributed by atoms with Gasteiger partial charge in [0, 0.05) is 39.1 Å². The van der Waals surface area contributed by atoms with Gasteiger partial charge in [0.2, 0.25) is 5.91 Å². The molecule has 0 saturated heterocycles. The average Bonchev–Trinajstić information content (AvgIpc) is 3.32. The number of hydrogen-bond acceptors (Lipinski definition) is 3. The summed E-state index contributed by atoms with van der Waals surface area (Å²) in [5, 5.41) is 6.04. The zero-order valence-corrected chi connectivity index (χ0v) is 18.2. The van der Waals surface area contributed by atoms with E-state index in [0.717, 1.165) is 33.9 Å². The number of amides is 1. The number of anilines is 1. The largest absolute Gasteiger partial charge is 0.318 e. The molecule has 30 heavy (non-hydrogen) atoms. The molecule has 1 N–H and O–H groups in total. The van der Waals surface area contributed by atoms with Gasteiger partial charge in [-0.15, -0.1) is 11.3 Å². The third kappa shape index (κ3) is 4.37. The molecule has 6 heteroatoms. The van der Waals surface area contributed by atoms with Crippen molar-refractivity contribution in [1.29, 1.82) is 0 Å². The van der Waals surface area contributed by atoms with Crippen molar-refractivity contribution in [2.75, 3.05) is 5.32 Å². The number of benzene rings is 2. The Morgan fingerprint density at radius 1 is 1.10 bits per heavy atom. The van der Waals surface area contributed by atoms with Crippen LogP contribution >= 0.6 is 22.9 Å². The van der Waals surface area contributed by atoms with E-state index < -0.39 is 0 Å². The van der Waals surface area contributed by atoms with Crippen LogP contribution in [0.1, 0.15) is 17.0 Å². The molecule has 4 aromatic rings. The highest BCUT2D eigenvalue weighted by Crippen LogP contribution is 2.31. The van der Waals surface area contributed by atoms with Crippen molar-refractivity contribution < 1.29 is 4.79 Å². The number of rotatable bonds is 5. The van der Waals surface area contributed by atoms with Crippen molar-refractivity contribution in [3.05, 3.63) is 94.1 Å². The molecular formula is C24H20ClN3OS. The number of carbonyl (C=O) groups is 1. The van der Waals surface area contributed by atoms with E-state index in [4.69, 9.17) is 11.6 Å². The van der Waals surface area contributed by atoms with E-state index in [0.29, 0.717) is 10.2 Å². The Hall–Kier alpha value is -3.15. The van der Waals surface area contributed by atoms with Gasteiger partial charge in [-0.3, -0.25) is 10.1 Å². The number of halogens is 1. The Bertz CT molecular complexity index is 1210. The molecule has 0 unspecified atom stereocenters. The molecular weight excluding hydrogens is 414 g/mol. The maximum Gasteiger partial charge on any atom is 0.250 e. The fraction of sp³-hybridized carbons (Fsp3) is 0.0833. The van der Waals surface area contributed by atoms with Crippen molar-refractivity contribution in [2.45, 2.75) is 13.8 Å². The fourth-order valence-electron chi connectivity index (χ4n) is 3.34. The number of para-hydroxylation sites is 1. The Morgan fingerprint density at radius 2 is 1.83 bits per heavy atom. The van der Waals surface area contributed by atoms with E-state index in [1.54, 1.807) is 18.2 Å². The normalized spacial score (nSPS) is 11.2. The maximum atomic E-state index is 12.2. The number of nitrogens with zero attached hydrogens (tertiary/aromatic N) is 2. The molecule has 4 rings (SSSR count). The van der Waals surface area contributed by atoms with E-state index in [9.17, 15) is 4.79 Å². The number of hydrogen-bond donors (Lipinski definition) is 1. The van der Waals surface area contributed by atoms with E-state index in [-0.39, 0.29) is 5.91 Å². The topological polar surface area (TPSA) is 46.9 Å². The van der Waals surface area contributed by atoms with Gasteiger partial charge in [0.25, 0.3) is 0 Å². The third-order valence-corrected chi connectivity index (χ3v) is 5.76. The number of nitrogens with one attached hydrogen (secondary N) is 1. The van der Waals surface area contributed by atoms with E-state index >= 15 is 0 Å². The SMILES string of the molecule is Cc1cc(-c2csc(NC(=O)C=Cc3ccc(Cl)cc3)n2)c(C)n1-c1ccccc1. The molecule has 0 spiro atoms. The maximum absolute atomic E-state index is 12.2. The van der Waals surface area contributed by atoms with Gasteiger partial charge in [0.05, 0.1) is 5.69 Å². The summed E-state index contributed by atoms with van der Waals surface area (Å²) < 4.78 is 2.21. The zero-order valence-electron chi connectivity index (χ0n) is 16.6. The molecule has 150 valence electrons. The standard InChI is InChI=1S/C24H20ClN3OS/c1-16-14-21(17(2)28(16)20-6-4-3-5-7-20)22-15-30-24(26-22)27-23(29)13-10-18-8-11-19(25)12-9-18/h3-15H,1-2H3,(H,26,27,29). The first kappa shape index (κ1) is 20.1. The van der Waals surface area contributed by atoms with Crippen LogP contribution in [-0.2, 0) is 4.79 Å². The molecule has 0 aliphatic rings. The van der Waals surface area contributed by atoms with Crippen LogP contribution in [-0.4, -0.2) is 15.5 Å². The van der Waals surface area contributed by atoms with Crippen molar-refractivity contribution in [1.82, 2.24) is 9.55 Å². The van der Waals surface area contributed by atoms with Crippen LogP contribution in [0.3, 0.4) is 0 Å². The summed E-state index contributed by atoms with van der Waals surface area (Å²) in [4.78, 5) is 16.9. The predicted octanol–water partition coefficient (Wildman–Crippen LogP) is 6.52. The number of carbonyl (C=O) groups excluding carboxylic acids is 1. The Kier molecular flexibility index (Phi) is 5.84. The molecule has 2 aromatic carbocycles. The van der Waals surface area contributed by atoms with Crippen LogP contribution in [0, 0.1) is 13.8 Å². The summed E-state index contributed by atoms with van der Waals surface area (Å²) in [5.74, 6) is -0.222. The molecule has 0 fully saturated rings. The zero-order chi connectivity index (χ0) is 21.1. The number of aryl methyl sites for hydroxylation is 1. The van der Waals surface area contributed by atoms with Gasteiger partial charge in [-0.2, -0.15) is 0 Å². The molecule has 0 aliphatic heterocycles. The number of thiazole rings is 1. The molecule has 2 aromatic heterocycles. The highest BCUT2D eigenvalue weighted by atomic mass is 35.5. The lowest BCUT2D eigenvalue weighted by Crippen LogP contribution is -2.07. The highest BCUT2D eigenvalue weighted by Gasteiger charge is 2.15. The summed E-state index contributed by atoms with van der Waals surface area (Å²) >= 11 is 7.29.